The van der Waals surface area contributed by atoms with E-state index in [4.69, 9.17) is 0 Å². The Morgan fingerprint density at radius 1 is 1.25 bits per heavy atom. The van der Waals surface area contributed by atoms with Crippen molar-refractivity contribution in [1.82, 2.24) is 0 Å². The van der Waals surface area contributed by atoms with Gasteiger partial charge in [0, 0.05) is 0 Å². The molecule has 1 nitrogen and oxygen atoms in total. The Labute approximate surface area is 106 Å². The van der Waals surface area contributed by atoms with E-state index in [1.165, 1.54) is 0 Å². The third-order valence-electron chi connectivity index (χ3n) is 0. The van der Waals surface area contributed by atoms with Crippen LogP contribution in [0.3, 0.4) is 0 Å². The van der Waals surface area contributed by atoms with Gasteiger partial charge in [0.05, 0.1) is 7.05 Å². The molecule has 0 fully saturated rings. The van der Waals surface area contributed by atoms with Gasteiger partial charge in [0.25, 0.3) is 0 Å². The van der Waals surface area contributed by atoms with Gasteiger partial charge in [0.15, 0.2) is 0 Å². The van der Waals surface area contributed by atoms with Crippen molar-refractivity contribution < 1.29 is 74.6 Å². The van der Waals surface area contributed by atoms with Crippen LogP contribution in [0.5, 0.6) is 0 Å². The van der Waals surface area contributed by atoms with Gasteiger partial charge in [0.2, 0.25) is 0 Å². The van der Waals surface area contributed by atoms with Gasteiger partial charge in [0.1, 0.15) is 0 Å². The van der Waals surface area contributed by atoms with Crippen LogP contribution in [-0.4, -0.2) is 34.3 Å². The van der Waals surface area contributed by atoms with Crippen LogP contribution in [0.4, 0.5) is 0 Å². The monoisotopic (exact) mass is 373 g/mol. The molecule has 4 heavy (non-hydrogen) atoms. The zero-order valence-electron chi connectivity index (χ0n) is 3.21. The van der Waals surface area contributed by atoms with Crippen LogP contribution in [0.2, 0.25) is 0 Å². The molecule has 0 aliphatic rings. The molecule has 16 valence electrons. The molecule has 0 aliphatic heterocycles. The van der Waals surface area contributed by atoms with Crippen molar-refractivity contribution in [2.75, 3.05) is 7.05 Å². The molecule has 0 saturated carbocycles. The fraction of sp³-hybridized carbons (Fsp3) is 1.00. The van der Waals surface area contributed by atoms with Gasteiger partial charge in [-0.05, 0) is 0 Å². The molecule has 0 aromatic heterocycles. The minimum Gasteiger partial charge on any atom is -0.360 e. The van der Waals surface area contributed by atoms with Gasteiger partial charge in [-0.15, -0.1) is 0 Å². The van der Waals surface area contributed by atoms with Crippen LogP contribution in [-0.2, 0) is 0 Å². The molecule has 0 aromatic carbocycles. The normalized spacial score (nSPS) is 1.50. The Morgan fingerprint density at radius 3 is 1.25 bits per heavy atom. The van der Waals surface area contributed by atoms with Crippen molar-refractivity contribution in [2.24, 2.45) is 0 Å². The minimum absolute atomic E-state index is 0. The molecule has 0 rings (SSSR count). The smallest absolute Gasteiger partial charge is 0.360 e. The van der Waals surface area contributed by atoms with Crippen molar-refractivity contribution in [2.45, 2.75) is 0 Å². The van der Waals surface area contributed by atoms with E-state index >= 15 is 0 Å². The first-order valence-corrected chi connectivity index (χ1v) is 0.707. The van der Waals surface area contributed by atoms with Crippen LogP contribution < -0.4 is 74.6 Å². The summed E-state index contributed by atoms with van der Waals surface area (Å²) in [5.74, 6) is 0. The average molecular weight is 372 g/mol. The number of hydrogen-bond acceptors (Lipinski definition) is 0. The van der Waals surface area contributed by atoms with E-state index in [1.54, 1.807) is 7.05 Å². The molecular weight excluding hydrogens is 366 g/mol. The SMILES string of the molecule is C[NH3+].[Cs+].[Pb+2]. The number of quaternary nitrogens is 1. The van der Waals surface area contributed by atoms with Crippen LogP contribution >= 0.6 is 0 Å². The van der Waals surface area contributed by atoms with E-state index in [-0.39, 0.29) is 96.2 Å². The van der Waals surface area contributed by atoms with Crippen LogP contribution in [0.15, 0.2) is 0 Å². The Bertz CT molecular complexity index is 8.00. The topological polar surface area (TPSA) is 27.6 Å². The predicted octanol–water partition coefficient (Wildman–Crippen LogP) is -4.52. The molecule has 0 heterocycles. The van der Waals surface area contributed by atoms with E-state index in [0.29, 0.717) is 0 Å². The molecule has 3 heteroatoms. The molecule has 0 spiro atoms. The standard InChI is InChI=1S/CH5N.Cs.Pb/c1-2;;/h2H2,1H3;;/q;+1;+2/p+1. The maximum atomic E-state index is 3.25. The third kappa shape index (κ3) is 8.87. The van der Waals surface area contributed by atoms with Crippen molar-refractivity contribution in [3.63, 3.8) is 0 Å². The maximum Gasteiger partial charge on any atom is 2.00 e. The average Bonchev–Trinajstić information content (AvgIpc) is 1.00. The maximum absolute atomic E-state index is 3.25. The molecule has 0 atom stereocenters. The van der Waals surface area contributed by atoms with Gasteiger partial charge in [-0.2, -0.15) is 0 Å². The van der Waals surface area contributed by atoms with Crippen molar-refractivity contribution >= 4 is 27.3 Å². The van der Waals surface area contributed by atoms with Gasteiger partial charge >= 0.3 is 96.2 Å². The second kappa shape index (κ2) is 16.8. The second-order valence-electron chi connectivity index (χ2n) is 0. The molecule has 3 N–H and O–H groups in total. The molecule has 0 aliphatic carbocycles. The van der Waals surface area contributed by atoms with Gasteiger partial charge in [-0.3, -0.25) is 0 Å². The zero-order chi connectivity index (χ0) is 2.00. The summed E-state index contributed by atoms with van der Waals surface area (Å²) in [5, 5.41) is 0. The van der Waals surface area contributed by atoms with Crippen molar-refractivity contribution in [3.8, 4) is 0 Å². The molecule has 0 bridgehead atoms. The first-order valence-electron chi connectivity index (χ1n) is 0.707. The quantitative estimate of drug-likeness (QED) is 0.416. The largest absolute Gasteiger partial charge is 2.00 e. The fourth-order valence-corrected chi connectivity index (χ4v) is 0. The Morgan fingerprint density at radius 2 is 1.25 bits per heavy atom. The Kier molecular flexibility index (Phi) is 66.2. The summed E-state index contributed by atoms with van der Waals surface area (Å²) in [6.07, 6.45) is 0. The van der Waals surface area contributed by atoms with Crippen LogP contribution in [0.1, 0.15) is 0 Å². The first kappa shape index (κ1) is 15.8. The van der Waals surface area contributed by atoms with Crippen LogP contribution in [0, 0.1) is 0 Å². The van der Waals surface area contributed by atoms with E-state index in [2.05, 4.69) is 5.73 Å². The summed E-state index contributed by atoms with van der Waals surface area (Å²) in [5.41, 5.74) is 3.25. The van der Waals surface area contributed by atoms with E-state index in [1.807, 2.05) is 0 Å². The van der Waals surface area contributed by atoms with E-state index in [9.17, 15) is 0 Å². The third-order valence-corrected chi connectivity index (χ3v) is 0. The molecule has 2 radical (unpaired) electrons. The summed E-state index contributed by atoms with van der Waals surface area (Å²) >= 11 is 0. The predicted molar refractivity (Wildman–Crippen MR) is 14.6 cm³/mol. The molecule has 0 saturated heterocycles. The minimum atomic E-state index is 0. The summed E-state index contributed by atoms with van der Waals surface area (Å²) in [7, 11) is 1.75. The number of hydrogen-bond donors (Lipinski definition) is 1. The van der Waals surface area contributed by atoms with Crippen molar-refractivity contribution in [1.29, 1.82) is 0 Å². The van der Waals surface area contributed by atoms with Gasteiger partial charge in [-0.25, -0.2) is 0 Å². The molecule has 0 aromatic rings. The first-order chi connectivity index (χ1) is 1.00. The Balaban J connectivity index is -0.00000000500. The summed E-state index contributed by atoms with van der Waals surface area (Å²) in [6.45, 7) is 0. The summed E-state index contributed by atoms with van der Waals surface area (Å²) < 4.78 is 0. The second-order valence-corrected chi connectivity index (χ2v) is 0. The molecular formula is CH6CsNPb+4. The fourth-order valence-electron chi connectivity index (χ4n) is 0. The molecule has 0 amide bonds. The summed E-state index contributed by atoms with van der Waals surface area (Å²) in [6, 6.07) is 0. The number of rotatable bonds is 0. The zero-order valence-corrected chi connectivity index (χ0v) is 13.4. The van der Waals surface area contributed by atoms with E-state index in [0.717, 1.165) is 0 Å². The van der Waals surface area contributed by atoms with Gasteiger partial charge in [-0.1, -0.05) is 0 Å². The Hall–Kier alpha value is 2.93. The van der Waals surface area contributed by atoms with Crippen LogP contribution in [0.25, 0.3) is 0 Å². The van der Waals surface area contributed by atoms with E-state index < -0.39 is 0 Å². The van der Waals surface area contributed by atoms with Gasteiger partial charge < -0.3 is 5.73 Å². The van der Waals surface area contributed by atoms with Crippen molar-refractivity contribution in [3.05, 3.63) is 0 Å². The molecule has 0 unspecified atom stereocenters. The summed E-state index contributed by atoms with van der Waals surface area (Å²) in [4.78, 5) is 0.